The van der Waals surface area contributed by atoms with Crippen molar-refractivity contribution in [2.24, 2.45) is 5.41 Å². The van der Waals surface area contributed by atoms with Gasteiger partial charge >= 0.3 is 5.97 Å². The zero-order valence-corrected chi connectivity index (χ0v) is 13.8. The third kappa shape index (κ3) is 3.43. The Bertz CT molecular complexity index is 523. The molecule has 0 aromatic heterocycles. The lowest BCUT2D eigenvalue weighted by molar-refractivity contribution is -0.149. The van der Waals surface area contributed by atoms with Gasteiger partial charge in [0.2, 0.25) is 0 Å². The molecule has 4 nitrogen and oxygen atoms in total. The quantitative estimate of drug-likeness (QED) is 0.813. The minimum Gasteiger partial charge on any atom is -0.497 e. The molecule has 0 saturated carbocycles. The van der Waals surface area contributed by atoms with Crippen molar-refractivity contribution >= 4 is 5.97 Å². The highest BCUT2D eigenvalue weighted by atomic mass is 16.5. The van der Waals surface area contributed by atoms with Gasteiger partial charge in [0.1, 0.15) is 5.75 Å². The third-order valence-corrected chi connectivity index (χ3v) is 5.18. The van der Waals surface area contributed by atoms with Crippen molar-refractivity contribution in [3.8, 4) is 5.75 Å². The van der Waals surface area contributed by atoms with Gasteiger partial charge in [-0.3, -0.25) is 4.79 Å². The Morgan fingerprint density at radius 1 is 1.36 bits per heavy atom. The molecule has 0 spiro atoms. The molecule has 122 valence electrons. The minimum absolute atomic E-state index is 0.344. The molecule has 0 bridgehead atoms. The molecule has 1 aromatic rings. The lowest BCUT2D eigenvalue weighted by atomic mass is 9.81. The van der Waals surface area contributed by atoms with Gasteiger partial charge < -0.3 is 15.2 Å². The summed E-state index contributed by atoms with van der Waals surface area (Å²) in [7, 11) is 1.68. The first-order valence-electron chi connectivity index (χ1n) is 8.17. The van der Waals surface area contributed by atoms with E-state index in [0.717, 1.165) is 25.0 Å². The molecule has 0 saturated heterocycles. The molecule has 0 aliphatic heterocycles. The standard InChI is InChI=1S/C18H27NO3/c1-4-18(5-2,17(20)21)12-19-15-8-6-13-7-9-16(22-3)11-14(13)10-15/h7,9,11,15,19H,4-6,8,10,12H2,1-3H3,(H,20,21). The van der Waals surface area contributed by atoms with Crippen LogP contribution in [0.25, 0.3) is 0 Å². The first-order chi connectivity index (χ1) is 10.5. The SMILES string of the molecule is CCC(CC)(CNC1CCc2ccc(OC)cc2C1)C(=O)O. The maximum absolute atomic E-state index is 11.6. The second kappa shape index (κ2) is 7.14. The van der Waals surface area contributed by atoms with Gasteiger partial charge in [-0.25, -0.2) is 0 Å². The van der Waals surface area contributed by atoms with Crippen LogP contribution in [0.3, 0.4) is 0 Å². The van der Waals surface area contributed by atoms with E-state index in [4.69, 9.17) is 4.74 Å². The molecular formula is C18H27NO3. The Balaban J connectivity index is 2.02. The summed E-state index contributed by atoms with van der Waals surface area (Å²) in [5.74, 6) is 0.198. The molecule has 22 heavy (non-hydrogen) atoms. The van der Waals surface area contributed by atoms with Crippen molar-refractivity contribution < 1.29 is 14.6 Å². The summed E-state index contributed by atoms with van der Waals surface area (Å²) in [5.41, 5.74) is 2.06. The number of aliphatic carboxylic acids is 1. The average Bonchev–Trinajstić information content (AvgIpc) is 2.55. The lowest BCUT2D eigenvalue weighted by Gasteiger charge is -2.32. The summed E-state index contributed by atoms with van der Waals surface area (Å²) in [4.78, 5) is 11.6. The fourth-order valence-corrected chi connectivity index (χ4v) is 3.25. The summed E-state index contributed by atoms with van der Waals surface area (Å²) in [5, 5.41) is 13.0. The number of carbonyl (C=O) groups is 1. The zero-order chi connectivity index (χ0) is 16.2. The number of hydrogen-bond acceptors (Lipinski definition) is 3. The third-order valence-electron chi connectivity index (χ3n) is 5.18. The van der Waals surface area contributed by atoms with Crippen molar-refractivity contribution in [3.63, 3.8) is 0 Å². The highest BCUT2D eigenvalue weighted by molar-refractivity contribution is 5.74. The molecule has 2 N–H and O–H groups in total. The van der Waals surface area contributed by atoms with E-state index in [1.165, 1.54) is 11.1 Å². The van der Waals surface area contributed by atoms with E-state index in [1.807, 2.05) is 19.9 Å². The summed E-state index contributed by atoms with van der Waals surface area (Å²) in [6.07, 6.45) is 4.35. The molecule has 0 fully saturated rings. The van der Waals surface area contributed by atoms with Crippen LogP contribution in [-0.2, 0) is 17.6 Å². The zero-order valence-electron chi connectivity index (χ0n) is 13.8. The van der Waals surface area contributed by atoms with E-state index >= 15 is 0 Å². The van der Waals surface area contributed by atoms with Crippen molar-refractivity contribution in [2.45, 2.75) is 52.0 Å². The molecule has 1 unspecified atom stereocenters. The predicted octanol–water partition coefficient (Wildman–Crippen LogP) is 3.03. The van der Waals surface area contributed by atoms with Crippen LogP contribution in [-0.4, -0.2) is 30.8 Å². The number of ether oxygens (including phenoxy) is 1. The minimum atomic E-state index is -0.692. The molecule has 0 heterocycles. The first kappa shape index (κ1) is 16.8. The van der Waals surface area contributed by atoms with Gasteiger partial charge in [-0.05, 0) is 55.4 Å². The molecule has 1 aromatic carbocycles. The molecule has 1 aliphatic rings. The Labute approximate surface area is 132 Å². The number of benzene rings is 1. The van der Waals surface area contributed by atoms with Crippen molar-refractivity contribution in [3.05, 3.63) is 29.3 Å². The number of fused-ring (bicyclic) bond motifs is 1. The number of nitrogens with one attached hydrogen (secondary N) is 1. The van der Waals surface area contributed by atoms with Gasteiger partial charge in [0.05, 0.1) is 12.5 Å². The molecule has 0 amide bonds. The largest absolute Gasteiger partial charge is 0.497 e. The highest BCUT2D eigenvalue weighted by Crippen LogP contribution is 2.28. The summed E-state index contributed by atoms with van der Waals surface area (Å²) in [6.45, 7) is 4.46. The monoisotopic (exact) mass is 305 g/mol. The number of rotatable bonds is 7. The Morgan fingerprint density at radius 2 is 2.09 bits per heavy atom. The lowest BCUT2D eigenvalue weighted by Crippen LogP contribution is -2.45. The van der Waals surface area contributed by atoms with Gasteiger partial charge in [0, 0.05) is 12.6 Å². The Hall–Kier alpha value is -1.55. The molecule has 1 atom stereocenters. The normalized spacial score (nSPS) is 17.9. The van der Waals surface area contributed by atoms with Gasteiger partial charge in [0.25, 0.3) is 0 Å². The Morgan fingerprint density at radius 3 is 2.68 bits per heavy atom. The van der Waals surface area contributed by atoms with Crippen LogP contribution < -0.4 is 10.1 Å². The van der Waals surface area contributed by atoms with E-state index in [2.05, 4.69) is 17.4 Å². The molecule has 4 heteroatoms. The van der Waals surface area contributed by atoms with Crippen LogP contribution in [0.4, 0.5) is 0 Å². The van der Waals surface area contributed by atoms with Crippen LogP contribution in [0, 0.1) is 5.41 Å². The van der Waals surface area contributed by atoms with E-state index in [-0.39, 0.29) is 0 Å². The maximum atomic E-state index is 11.6. The Kier molecular flexibility index (Phi) is 5.46. The predicted molar refractivity (Wildman–Crippen MR) is 87.5 cm³/mol. The fraction of sp³-hybridized carbons (Fsp3) is 0.611. The highest BCUT2D eigenvalue weighted by Gasteiger charge is 2.35. The molecule has 2 rings (SSSR count). The number of hydrogen-bond donors (Lipinski definition) is 2. The molecule has 0 radical (unpaired) electrons. The second-order valence-corrected chi connectivity index (χ2v) is 6.25. The summed E-state index contributed by atoms with van der Waals surface area (Å²) < 4.78 is 5.30. The fourth-order valence-electron chi connectivity index (χ4n) is 3.25. The van der Waals surface area contributed by atoms with Crippen LogP contribution in [0.5, 0.6) is 5.75 Å². The van der Waals surface area contributed by atoms with Crippen LogP contribution in [0.15, 0.2) is 18.2 Å². The average molecular weight is 305 g/mol. The molecular weight excluding hydrogens is 278 g/mol. The maximum Gasteiger partial charge on any atom is 0.310 e. The first-order valence-corrected chi connectivity index (χ1v) is 8.17. The number of carboxylic acid groups (broad SMARTS) is 1. The molecule has 1 aliphatic carbocycles. The number of carboxylic acids is 1. The van der Waals surface area contributed by atoms with Crippen LogP contribution in [0.1, 0.15) is 44.2 Å². The van der Waals surface area contributed by atoms with Crippen LogP contribution >= 0.6 is 0 Å². The van der Waals surface area contributed by atoms with E-state index in [1.54, 1.807) is 7.11 Å². The van der Waals surface area contributed by atoms with Gasteiger partial charge in [-0.1, -0.05) is 19.9 Å². The van der Waals surface area contributed by atoms with Crippen molar-refractivity contribution in [2.75, 3.05) is 13.7 Å². The van der Waals surface area contributed by atoms with E-state index in [0.29, 0.717) is 25.4 Å². The summed E-state index contributed by atoms with van der Waals surface area (Å²) >= 11 is 0. The number of aryl methyl sites for hydroxylation is 1. The second-order valence-electron chi connectivity index (χ2n) is 6.25. The van der Waals surface area contributed by atoms with Crippen molar-refractivity contribution in [1.82, 2.24) is 5.32 Å². The smallest absolute Gasteiger partial charge is 0.310 e. The van der Waals surface area contributed by atoms with Gasteiger partial charge in [-0.2, -0.15) is 0 Å². The summed E-state index contributed by atoms with van der Waals surface area (Å²) in [6, 6.07) is 6.60. The van der Waals surface area contributed by atoms with Gasteiger partial charge in [-0.15, -0.1) is 0 Å². The van der Waals surface area contributed by atoms with Crippen LogP contribution in [0.2, 0.25) is 0 Å². The van der Waals surface area contributed by atoms with Crippen molar-refractivity contribution in [1.29, 1.82) is 0 Å². The topological polar surface area (TPSA) is 58.6 Å². The van der Waals surface area contributed by atoms with E-state index in [9.17, 15) is 9.90 Å². The number of methoxy groups -OCH3 is 1. The van der Waals surface area contributed by atoms with Gasteiger partial charge in [0.15, 0.2) is 0 Å². The van der Waals surface area contributed by atoms with E-state index < -0.39 is 11.4 Å².